The van der Waals surface area contributed by atoms with E-state index in [0.29, 0.717) is 24.3 Å². The molecule has 1 aliphatic carbocycles. The van der Waals surface area contributed by atoms with Gasteiger partial charge in [-0.25, -0.2) is 8.42 Å². The Kier molecular flexibility index (Phi) is 6.95. The summed E-state index contributed by atoms with van der Waals surface area (Å²) >= 11 is 1.73. The number of hydrogen-bond acceptors (Lipinski definition) is 4. The van der Waals surface area contributed by atoms with Crippen LogP contribution in [0.3, 0.4) is 0 Å². The van der Waals surface area contributed by atoms with Gasteiger partial charge in [0.25, 0.3) is 0 Å². The van der Waals surface area contributed by atoms with Crippen molar-refractivity contribution in [1.82, 2.24) is 10.6 Å². The highest BCUT2D eigenvalue weighted by molar-refractivity contribution is 14.0. The molecule has 0 spiro atoms. The van der Waals surface area contributed by atoms with E-state index in [2.05, 4.69) is 47.0 Å². The minimum absolute atomic E-state index is 0. The highest BCUT2D eigenvalue weighted by atomic mass is 127. The minimum Gasteiger partial charge on any atom is -0.353 e. The van der Waals surface area contributed by atoms with Crippen LogP contribution in [-0.4, -0.2) is 38.5 Å². The van der Waals surface area contributed by atoms with E-state index in [4.69, 9.17) is 0 Å². The van der Waals surface area contributed by atoms with Gasteiger partial charge in [0.2, 0.25) is 0 Å². The van der Waals surface area contributed by atoms with Gasteiger partial charge in [0, 0.05) is 17.5 Å². The molecule has 0 radical (unpaired) electrons. The lowest BCUT2D eigenvalue weighted by molar-refractivity contribution is 0.587. The zero-order valence-electron chi connectivity index (χ0n) is 14.1. The number of nitrogens with zero attached hydrogens (tertiary/aromatic N) is 1. The van der Waals surface area contributed by atoms with Crippen LogP contribution in [0.5, 0.6) is 0 Å². The molecule has 136 valence electrons. The Morgan fingerprint density at radius 3 is 2.79 bits per heavy atom. The Morgan fingerprint density at radius 2 is 2.25 bits per heavy atom. The molecule has 2 fully saturated rings. The number of hydrogen-bond donors (Lipinski definition) is 2. The summed E-state index contributed by atoms with van der Waals surface area (Å²) in [7, 11) is -2.83. The zero-order chi connectivity index (χ0) is 16.4. The Morgan fingerprint density at radius 1 is 1.50 bits per heavy atom. The first-order valence-corrected chi connectivity index (χ1v) is 10.9. The average Bonchev–Trinajstić information content (AvgIpc) is 2.94. The number of nitrogens with one attached hydrogen (secondary N) is 2. The standard InChI is InChI=1S/C16H25N3O2S2.HI/c1-11-8-14(11)19-16(18-12(2)15-4-3-6-22-15)17-9-13-5-7-23(20,21)10-13;/h3-4,6,11-14H,5,7-10H2,1-2H3,(H2,17,18,19);1H. The van der Waals surface area contributed by atoms with Gasteiger partial charge in [-0.2, -0.15) is 0 Å². The zero-order valence-corrected chi connectivity index (χ0v) is 18.0. The molecule has 1 aliphatic heterocycles. The summed E-state index contributed by atoms with van der Waals surface area (Å²) in [5.74, 6) is 2.25. The van der Waals surface area contributed by atoms with E-state index in [0.717, 1.165) is 12.4 Å². The predicted molar refractivity (Wildman–Crippen MR) is 111 cm³/mol. The van der Waals surface area contributed by atoms with Gasteiger partial charge in [-0.15, -0.1) is 35.3 Å². The van der Waals surface area contributed by atoms with Crippen LogP contribution in [0.4, 0.5) is 0 Å². The maximum absolute atomic E-state index is 11.6. The van der Waals surface area contributed by atoms with Gasteiger partial charge < -0.3 is 10.6 Å². The van der Waals surface area contributed by atoms with E-state index in [1.165, 1.54) is 11.3 Å². The second-order valence-electron chi connectivity index (χ2n) is 6.80. The molecule has 0 aromatic carbocycles. The van der Waals surface area contributed by atoms with Gasteiger partial charge in [-0.3, -0.25) is 4.99 Å². The molecule has 1 aromatic heterocycles. The van der Waals surface area contributed by atoms with E-state index in [-0.39, 0.29) is 41.7 Å². The molecule has 0 bridgehead atoms. The Hall–Kier alpha value is -0.350. The molecular formula is C16H26IN3O2S2. The molecule has 8 heteroatoms. The average molecular weight is 483 g/mol. The summed E-state index contributed by atoms with van der Waals surface area (Å²) in [6.07, 6.45) is 1.91. The summed E-state index contributed by atoms with van der Waals surface area (Å²) in [6, 6.07) is 4.85. The molecule has 2 heterocycles. The van der Waals surface area contributed by atoms with Crippen LogP contribution in [0, 0.1) is 11.8 Å². The van der Waals surface area contributed by atoms with Crippen LogP contribution in [0.15, 0.2) is 22.5 Å². The third-order valence-corrected chi connectivity index (χ3v) is 7.48. The first kappa shape index (κ1) is 20.0. The maximum atomic E-state index is 11.6. The lowest BCUT2D eigenvalue weighted by Gasteiger charge is -2.18. The van der Waals surface area contributed by atoms with Crippen molar-refractivity contribution in [3.05, 3.63) is 22.4 Å². The summed E-state index contributed by atoms with van der Waals surface area (Å²) in [5.41, 5.74) is 0. The molecule has 1 saturated heterocycles. The van der Waals surface area contributed by atoms with Crippen molar-refractivity contribution in [2.24, 2.45) is 16.8 Å². The van der Waals surface area contributed by atoms with Crippen LogP contribution in [0.2, 0.25) is 0 Å². The smallest absolute Gasteiger partial charge is 0.192 e. The van der Waals surface area contributed by atoms with E-state index in [9.17, 15) is 8.42 Å². The Balaban J connectivity index is 0.00000208. The molecule has 4 atom stereocenters. The topological polar surface area (TPSA) is 70.6 Å². The molecule has 2 aliphatic rings. The van der Waals surface area contributed by atoms with Gasteiger partial charge in [0.1, 0.15) is 0 Å². The normalized spacial score (nSPS) is 29.6. The SMILES string of the molecule is CC(NC(=NCC1CCS(=O)(=O)C1)NC1CC1C)c1cccs1.I. The van der Waals surface area contributed by atoms with Crippen LogP contribution in [0.25, 0.3) is 0 Å². The summed E-state index contributed by atoms with van der Waals surface area (Å²) in [6.45, 7) is 4.92. The molecule has 4 unspecified atom stereocenters. The highest BCUT2D eigenvalue weighted by Gasteiger charge is 2.34. The van der Waals surface area contributed by atoms with Crippen molar-refractivity contribution < 1.29 is 8.42 Å². The number of halogens is 1. The molecule has 1 aromatic rings. The van der Waals surface area contributed by atoms with Gasteiger partial charge >= 0.3 is 0 Å². The molecule has 1 saturated carbocycles. The van der Waals surface area contributed by atoms with Gasteiger partial charge in [-0.05, 0) is 43.0 Å². The Bertz CT molecular complexity index is 661. The first-order chi connectivity index (χ1) is 10.9. The minimum atomic E-state index is -2.83. The van der Waals surface area contributed by atoms with Gasteiger partial charge in [-0.1, -0.05) is 13.0 Å². The van der Waals surface area contributed by atoms with E-state index < -0.39 is 9.84 Å². The lowest BCUT2D eigenvalue weighted by Crippen LogP contribution is -2.40. The quantitative estimate of drug-likeness (QED) is 0.384. The molecule has 3 rings (SSSR count). The fourth-order valence-corrected chi connectivity index (χ4v) is 5.47. The van der Waals surface area contributed by atoms with Crippen molar-refractivity contribution in [2.75, 3.05) is 18.1 Å². The van der Waals surface area contributed by atoms with Crippen LogP contribution >= 0.6 is 35.3 Å². The fourth-order valence-electron chi connectivity index (χ4n) is 2.88. The number of aliphatic imine (C=N–C) groups is 1. The lowest BCUT2D eigenvalue weighted by atomic mass is 10.1. The van der Waals surface area contributed by atoms with E-state index in [1.807, 2.05) is 0 Å². The van der Waals surface area contributed by atoms with Crippen molar-refractivity contribution in [3.8, 4) is 0 Å². The van der Waals surface area contributed by atoms with Gasteiger partial charge in [0.15, 0.2) is 15.8 Å². The first-order valence-electron chi connectivity index (χ1n) is 8.24. The summed E-state index contributed by atoms with van der Waals surface area (Å²) < 4.78 is 23.1. The molecular weight excluding hydrogens is 457 g/mol. The molecule has 2 N–H and O–H groups in total. The molecule has 24 heavy (non-hydrogen) atoms. The van der Waals surface area contributed by atoms with Crippen LogP contribution in [0.1, 0.15) is 37.6 Å². The molecule has 5 nitrogen and oxygen atoms in total. The van der Waals surface area contributed by atoms with Crippen molar-refractivity contribution in [2.45, 2.75) is 38.8 Å². The third-order valence-electron chi connectivity index (χ3n) is 4.59. The van der Waals surface area contributed by atoms with Gasteiger partial charge in [0.05, 0.1) is 17.5 Å². The second-order valence-corrected chi connectivity index (χ2v) is 10.0. The fraction of sp³-hybridized carbons (Fsp3) is 0.688. The Labute approximate surface area is 165 Å². The summed E-state index contributed by atoms with van der Waals surface area (Å²) in [4.78, 5) is 5.94. The highest BCUT2D eigenvalue weighted by Crippen LogP contribution is 2.29. The number of rotatable bonds is 5. The largest absolute Gasteiger partial charge is 0.353 e. The predicted octanol–water partition coefficient (Wildman–Crippen LogP) is 2.81. The maximum Gasteiger partial charge on any atom is 0.192 e. The van der Waals surface area contributed by atoms with E-state index in [1.54, 1.807) is 11.3 Å². The number of sulfone groups is 1. The van der Waals surface area contributed by atoms with Crippen molar-refractivity contribution >= 4 is 51.1 Å². The van der Waals surface area contributed by atoms with Crippen molar-refractivity contribution in [3.63, 3.8) is 0 Å². The third kappa shape index (κ3) is 5.59. The van der Waals surface area contributed by atoms with Crippen molar-refractivity contribution in [1.29, 1.82) is 0 Å². The second kappa shape index (κ2) is 8.35. The number of guanidine groups is 1. The van der Waals surface area contributed by atoms with Crippen LogP contribution in [-0.2, 0) is 9.84 Å². The van der Waals surface area contributed by atoms with Crippen LogP contribution < -0.4 is 10.6 Å². The monoisotopic (exact) mass is 483 g/mol. The number of thiophene rings is 1. The summed E-state index contributed by atoms with van der Waals surface area (Å²) in [5, 5.41) is 9.00. The van der Waals surface area contributed by atoms with E-state index >= 15 is 0 Å². The molecule has 0 amide bonds.